The molecule has 0 unspecified atom stereocenters. The Bertz CT molecular complexity index is 385. The number of benzene rings is 1. The Morgan fingerprint density at radius 2 is 2.20 bits per heavy atom. The van der Waals surface area contributed by atoms with Crippen molar-refractivity contribution in [3.8, 4) is 5.75 Å². The minimum absolute atomic E-state index is 0.0791. The average Bonchev–Trinajstić information content (AvgIpc) is 2.20. The molecule has 1 aromatic carbocycles. The normalized spacial score (nSPS) is 10.7. The Hall–Kier alpha value is -1.42. The fraction of sp³-hybridized carbons (Fsp3) is 0.182. The van der Waals surface area contributed by atoms with E-state index >= 15 is 0 Å². The molecule has 0 aromatic heterocycles. The van der Waals surface area contributed by atoms with Crippen LogP contribution >= 0.6 is 12.6 Å². The zero-order valence-electron chi connectivity index (χ0n) is 8.05. The number of allylic oxidation sites excluding steroid dienone is 1. The first-order valence-corrected chi connectivity index (χ1v) is 5.12. The fourth-order valence-corrected chi connectivity index (χ4v) is 1.25. The van der Waals surface area contributed by atoms with Gasteiger partial charge in [0.15, 0.2) is 0 Å². The molecule has 0 heterocycles. The van der Waals surface area contributed by atoms with Gasteiger partial charge in [0, 0.05) is 5.56 Å². The number of phenols is 1. The van der Waals surface area contributed by atoms with Gasteiger partial charge in [0.05, 0.1) is 5.56 Å². The van der Waals surface area contributed by atoms with Crippen molar-refractivity contribution in [1.82, 2.24) is 0 Å². The standard InChI is InChI=1S/C11H12O3S/c12-10-5-4-9(11(13)14)7-8(10)3-1-2-6-15/h1,3-5,7,12,15H,2,6H2,(H,13,14). The molecule has 2 N–H and O–H groups in total. The lowest BCUT2D eigenvalue weighted by atomic mass is 10.1. The van der Waals surface area contributed by atoms with E-state index in [0.717, 1.165) is 12.2 Å². The number of hydrogen-bond donors (Lipinski definition) is 3. The number of carbonyl (C=O) groups is 1. The van der Waals surface area contributed by atoms with Crippen LogP contribution in [0.1, 0.15) is 22.3 Å². The van der Waals surface area contributed by atoms with Crippen LogP contribution < -0.4 is 0 Å². The number of aromatic carboxylic acids is 1. The smallest absolute Gasteiger partial charge is 0.335 e. The van der Waals surface area contributed by atoms with E-state index in [1.54, 1.807) is 6.08 Å². The van der Waals surface area contributed by atoms with Crippen LogP contribution in [0.5, 0.6) is 5.75 Å². The molecule has 0 aliphatic heterocycles. The Morgan fingerprint density at radius 1 is 1.47 bits per heavy atom. The molecule has 0 spiro atoms. The van der Waals surface area contributed by atoms with Gasteiger partial charge in [-0.05, 0) is 30.4 Å². The topological polar surface area (TPSA) is 57.5 Å². The Labute approximate surface area is 93.5 Å². The molecule has 3 nitrogen and oxygen atoms in total. The Kier molecular flexibility index (Phi) is 4.24. The summed E-state index contributed by atoms with van der Waals surface area (Å²) in [5.41, 5.74) is 0.676. The lowest BCUT2D eigenvalue weighted by molar-refractivity contribution is 0.0697. The van der Waals surface area contributed by atoms with Crippen molar-refractivity contribution >= 4 is 24.7 Å². The molecule has 4 heteroatoms. The number of carboxylic acid groups (broad SMARTS) is 1. The fourth-order valence-electron chi connectivity index (χ4n) is 1.11. The second kappa shape index (κ2) is 5.46. The quantitative estimate of drug-likeness (QED) is 0.688. The molecule has 0 amide bonds. The SMILES string of the molecule is O=C(O)c1ccc(O)c(C=CCCS)c1. The number of hydrogen-bond acceptors (Lipinski definition) is 3. The van der Waals surface area contributed by atoms with Gasteiger partial charge in [-0.25, -0.2) is 4.79 Å². The summed E-state index contributed by atoms with van der Waals surface area (Å²) >= 11 is 4.04. The van der Waals surface area contributed by atoms with Gasteiger partial charge in [-0.15, -0.1) is 0 Å². The van der Waals surface area contributed by atoms with Crippen LogP contribution in [0.15, 0.2) is 24.3 Å². The van der Waals surface area contributed by atoms with Gasteiger partial charge in [-0.3, -0.25) is 0 Å². The highest BCUT2D eigenvalue weighted by atomic mass is 32.1. The summed E-state index contributed by atoms with van der Waals surface area (Å²) in [5.74, 6) is -0.204. The molecule has 0 aliphatic rings. The van der Waals surface area contributed by atoms with Crippen LogP contribution in [0.3, 0.4) is 0 Å². The second-order valence-electron chi connectivity index (χ2n) is 2.99. The highest BCUT2D eigenvalue weighted by Gasteiger charge is 2.05. The van der Waals surface area contributed by atoms with Gasteiger partial charge < -0.3 is 10.2 Å². The lowest BCUT2D eigenvalue weighted by Crippen LogP contribution is -1.95. The minimum Gasteiger partial charge on any atom is -0.507 e. The Morgan fingerprint density at radius 3 is 2.80 bits per heavy atom. The molecular weight excluding hydrogens is 212 g/mol. The predicted octanol–water partition coefficient (Wildman–Crippen LogP) is 2.42. The third kappa shape index (κ3) is 3.32. The first-order chi connectivity index (χ1) is 7.15. The monoisotopic (exact) mass is 224 g/mol. The number of rotatable bonds is 4. The maximum atomic E-state index is 10.7. The molecular formula is C11H12O3S. The summed E-state index contributed by atoms with van der Waals surface area (Å²) in [6.07, 6.45) is 4.31. The molecule has 0 aliphatic carbocycles. The number of thiol groups is 1. The molecule has 15 heavy (non-hydrogen) atoms. The zero-order chi connectivity index (χ0) is 11.3. The molecule has 1 rings (SSSR count). The van der Waals surface area contributed by atoms with E-state index in [1.165, 1.54) is 18.2 Å². The molecule has 0 saturated heterocycles. The van der Waals surface area contributed by atoms with Crippen molar-refractivity contribution in [2.24, 2.45) is 0 Å². The summed E-state index contributed by atoms with van der Waals surface area (Å²) in [4.78, 5) is 10.7. The first-order valence-electron chi connectivity index (χ1n) is 4.49. The summed E-state index contributed by atoms with van der Waals surface area (Å²) < 4.78 is 0. The molecule has 80 valence electrons. The van der Waals surface area contributed by atoms with Gasteiger partial charge in [-0.2, -0.15) is 12.6 Å². The predicted molar refractivity (Wildman–Crippen MR) is 62.6 cm³/mol. The van der Waals surface area contributed by atoms with Crippen LogP contribution in [0.4, 0.5) is 0 Å². The molecule has 0 atom stereocenters. The summed E-state index contributed by atoms with van der Waals surface area (Å²) in [7, 11) is 0. The van der Waals surface area contributed by atoms with E-state index in [2.05, 4.69) is 12.6 Å². The van der Waals surface area contributed by atoms with Gasteiger partial charge in [0.1, 0.15) is 5.75 Å². The number of aromatic hydroxyl groups is 1. The minimum atomic E-state index is -1.00. The molecule has 0 bridgehead atoms. The van der Waals surface area contributed by atoms with E-state index < -0.39 is 5.97 Å². The molecule has 0 radical (unpaired) electrons. The lowest BCUT2D eigenvalue weighted by Gasteiger charge is -2.00. The maximum absolute atomic E-state index is 10.7. The van der Waals surface area contributed by atoms with Crippen molar-refractivity contribution in [3.63, 3.8) is 0 Å². The first kappa shape index (κ1) is 11.7. The molecule has 1 aromatic rings. The van der Waals surface area contributed by atoms with Crippen molar-refractivity contribution in [3.05, 3.63) is 35.4 Å². The highest BCUT2D eigenvalue weighted by molar-refractivity contribution is 7.80. The number of carboxylic acids is 1. The zero-order valence-corrected chi connectivity index (χ0v) is 8.95. The largest absolute Gasteiger partial charge is 0.507 e. The van der Waals surface area contributed by atoms with Gasteiger partial charge in [-0.1, -0.05) is 12.2 Å². The number of phenolic OH excluding ortho intramolecular Hbond substituents is 1. The van der Waals surface area contributed by atoms with Gasteiger partial charge in [0.25, 0.3) is 0 Å². The van der Waals surface area contributed by atoms with Crippen molar-refractivity contribution in [2.75, 3.05) is 5.75 Å². The average molecular weight is 224 g/mol. The Balaban J connectivity index is 2.95. The van der Waals surface area contributed by atoms with Crippen molar-refractivity contribution in [2.45, 2.75) is 6.42 Å². The van der Waals surface area contributed by atoms with Crippen LogP contribution in [0, 0.1) is 0 Å². The third-order valence-corrected chi connectivity index (χ3v) is 2.13. The van der Waals surface area contributed by atoms with Gasteiger partial charge >= 0.3 is 5.97 Å². The van der Waals surface area contributed by atoms with E-state index in [-0.39, 0.29) is 11.3 Å². The summed E-state index contributed by atoms with van der Waals surface area (Å²) in [6, 6.07) is 4.18. The van der Waals surface area contributed by atoms with Crippen molar-refractivity contribution < 1.29 is 15.0 Å². The van der Waals surface area contributed by atoms with E-state index in [0.29, 0.717) is 5.56 Å². The maximum Gasteiger partial charge on any atom is 0.335 e. The van der Waals surface area contributed by atoms with Crippen LogP contribution in [0.2, 0.25) is 0 Å². The van der Waals surface area contributed by atoms with E-state index in [4.69, 9.17) is 5.11 Å². The summed E-state index contributed by atoms with van der Waals surface area (Å²) in [6.45, 7) is 0. The van der Waals surface area contributed by atoms with Crippen molar-refractivity contribution in [1.29, 1.82) is 0 Å². The highest BCUT2D eigenvalue weighted by Crippen LogP contribution is 2.20. The second-order valence-corrected chi connectivity index (χ2v) is 3.44. The van der Waals surface area contributed by atoms with Crippen LogP contribution in [-0.2, 0) is 0 Å². The molecule has 0 saturated carbocycles. The molecule has 0 fully saturated rings. The van der Waals surface area contributed by atoms with Crippen LogP contribution in [-0.4, -0.2) is 21.9 Å². The van der Waals surface area contributed by atoms with Crippen LogP contribution in [0.25, 0.3) is 6.08 Å². The third-order valence-electron chi connectivity index (χ3n) is 1.87. The van der Waals surface area contributed by atoms with E-state index in [1.807, 2.05) is 6.08 Å². The summed E-state index contributed by atoms with van der Waals surface area (Å²) in [5, 5.41) is 18.2. The van der Waals surface area contributed by atoms with E-state index in [9.17, 15) is 9.90 Å². The van der Waals surface area contributed by atoms with Gasteiger partial charge in [0.2, 0.25) is 0 Å².